The summed E-state index contributed by atoms with van der Waals surface area (Å²) in [5, 5.41) is 3.81. The largest absolute Gasteiger partial charge is 0.497 e. The minimum Gasteiger partial charge on any atom is -0.497 e. The molecule has 1 aliphatic rings. The number of nitrogens with zero attached hydrogens (tertiary/aromatic N) is 2. The van der Waals surface area contributed by atoms with Crippen molar-refractivity contribution in [1.82, 2.24) is 10.3 Å². The molecule has 0 spiro atoms. The second kappa shape index (κ2) is 7.42. The molecule has 1 saturated heterocycles. The molecule has 1 fully saturated rings. The molecule has 0 atom stereocenters. The zero-order valence-corrected chi connectivity index (χ0v) is 12.0. The number of hydrogen-bond acceptors (Lipinski definition) is 4. The van der Waals surface area contributed by atoms with Crippen LogP contribution in [0.4, 0.5) is 0 Å². The van der Waals surface area contributed by atoms with E-state index >= 15 is 0 Å². The summed E-state index contributed by atoms with van der Waals surface area (Å²) in [4.78, 5) is 25.1. The molecule has 0 unspecified atom stereocenters. The third-order valence-electron chi connectivity index (χ3n) is 3.31. The summed E-state index contributed by atoms with van der Waals surface area (Å²) in [6, 6.07) is 7.24. The Balaban J connectivity index is 1.87. The zero-order chi connectivity index (χ0) is 15.1. The molecule has 0 bridgehead atoms. The second-order valence-electron chi connectivity index (χ2n) is 4.83. The van der Waals surface area contributed by atoms with Crippen molar-refractivity contribution in [2.75, 3.05) is 20.2 Å². The number of benzene rings is 1. The number of carbonyl (C=O) groups is 2. The summed E-state index contributed by atoms with van der Waals surface area (Å²) in [6.07, 6.45) is 4.49. The number of amides is 2. The number of hydrazone groups is 1. The standard InChI is InChI=1S/C15H19N3O3/c1-21-13-7-5-6-12(10-13)11-16-17-14(19)15(20)18-8-3-2-4-9-18/h5-7,10-11H,2-4,8-9H2,1H3,(H,17,19)/b16-11+. The average Bonchev–Trinajstić information content (AvgIpc) is 2.55. The van der Waals surface area contributed by atoms with E-state index in [2.05, 4.69) is 10.5 Å². The molecule has 1 heterocycles. The van der Waals surface area contributed by atoms with Crippen LogP contribution in [-0.4, -0.2) is 43.1 Å². The van der Waals surface area contributed by atoms with Gasteiger partial charge in [0, 0.05) is 13.1 Å². The highest BCUT2D eigenvalue weighted by molar-refractivity contribution is 6.35. The number of likely N-dealkylation sites (tertiary alicyclic amines) is 1. The van der Waals surface area contributed by atoms with Crippen molar-refractivity contribution in [3.8, 4) is 5.75 Å². The van der Waals surface area contributed by atoms with Crippen LogP contribution in [-0.2, 0) is 9.59 Å². The smallest absolute Gasteiger partial charge is 0.329 e. The van der Waals surface area contributed by atoms with Gasteiger partial charge in [0.15, 0.2) is 0 Å². The molecule has 0 saturated carbocycles. The van der Waals surface area contributed by atoms with Crippen molar-refractivity contribution in [3.05, 3.63) is 29.8 Å². The minimum atomic E-state index is -0.698. The fraction of sp³-hybridized carbons (Fsp3) is 0.400. The van der Waals surface area contributed by atoms with E-state index in [0.717, 1.165) is 24.8 Å². The van der Waals surface area contributed by atoms with Gasteiger partial charge >= 0.3 is 11.8 Å². The van der Waals surface area contributed by atoms with Crippen LogP contribution in [0.5, 0.6) is 5.75 Å². The van der Waals surface area contributed by atoms with E-state index in [-0.39, 0.29) is 0 Å². The first-order valence-electron chi connectivity index (χ1n) is 6.97. The number of carbonyl (C=O) groups excluding carboxylic acids is 2. The SMILES string of the molecule is COc1cccc(/C=N/NC(=O)C(=O)N2CCCCC2)c1. The van der Waals surface area contributed by atoms with Crippen molar-refractivity contribution in [1.29, 1.82) is 0 Å². The van der Waals surface area contributed by atoms with Crippen LogP contribution >= 0.6 is 0 Å². The summed E-state index contributed by atoms with van der Waals surface area (Å²) in [5.74, 6) is -0.511. The lowest BCUT2D eigenvalue weighted by Crippen LogP contribution is -2.43. The maximum atomic E-state index is 11.9. The van der Waals surface area contributed by atoms with E-state index < -0.39 is 11.8 Å². The second-order valence-corrected chi connectivity index (χ2v) is 4.83. The maximum absolute atomic E-state index is 11.9. The van der Waals surface area contributed by atoms with E-state index in [4.69, 9.17) is 4.74 Å². The molecule has 2 rings (SSSR count). The summed E-state index contributed by atoms with van der Waals surface area (Å²) in [7, 11) is 1.58. The van der Waals surface area contributed by atoms with Gasteiger partial charge in [-0.3, -0.25) is 9.59 Å². The Morgan fingerprint density at radius 2 is 2.05 bits per heavy atom. The number of ether oxygens (including phenoxy) is 1. The number of rotatable bonds is 3. The lowest BCUT2D eigenvalue weighted by Gasteiger charge is -2.25. The van der Waals surface area contributed by atoms with Gasteiger partial charge in [-0.05, 0) is 37.0 Å². The molecular weight excluding hydrogens is 270 g/mol. The molecule has 1 N–H and O–H groups in total. The first-order chi connectivity index (χ1) is 10.2. The Morgan fingerprint density at radius 1 is 1.29 bits per heavy atom. The van der Waals surface area contributed by atoms with Crippen molar-refractivity contribution >= 4 is 18.0 Å². The lowest BCUT2D eigenvalue weighted by molar-refractivity contribution is -0.146. The van der Waals surface area contributed by atoms with Crippen LogP contribution in [0.25, 0.3) is 0 Å². The average molecular weight is 289 g/mol. The van der Waals surface area contributed by atoms with Crippen molar-refractivity contribution in [3.63, 3.8) is 0 Å². The van der Waals surface area contributed by atoms with Gasteiger partial charge in [-0.1, -0.05) is 12.1 Å². The van der Waals surface area contributed by atoms with E-state index in [9.17, 15) is 9.59 Å². The van der Waals surface area contributed by atoms with E-state index in [0.29, 0.717) is 18.8 Å². The van der Waals surface area contributed by atoms with Crippen LogP contribution in [0.2, 0.25) is 0 Å². The first-order valence-corrected chi connectivity index (χ1v) is 6.97. The molecule has 2 amide bonds. The van der Waals surface area contributed by atoms with E-state index in [1.54, 1.807) is 18.1 Å². The quantitative estimate of drug-likeness (QED) is 0.515. The Hall–Kier alpha value is -2.37. The summed E-state index contributed by atoms with van der Waals surface area (Å²) >= 11 is 0. The molecule has 0 radical (unpaired) electrons. The molecule has 0 aromatic heterocycles. The zero-order valence-electron chi connectivity index (χ0n) is 12.0. The minimum absolute atomic E-state index is 0.516. The molecular formula is C15H19N3O3. The van der Waals surface area contributed by atoms with Crippen LogP contribution in [0, 0.1) is 0 Å². The van der Waals surface area contributed by atoms with Gasteiger partial charge in [-0.2, -0.15) is 5.10 Å². The molecule has 0 aliphatic carbocycles. The highest BCUT2D eigenvalue weighted by Gasteiger charge is 2.22. The predicted octanol–water partition coefficient (Wildman–Crippen LogP) is 1.16. The molecule has 1 aromatic carbocycles. The number of methoxy groups -OCH3 is 1. The highest BCUT2D eigenvalue weighted by atomic mass is 16.5. The Morgan fingerprint density at radius 3 is 2.76 bits per heavy atom. The summed E-state index contributed by atoms with van der Waals surface area (Å²) < 4.78 is 5.09. The highest BCUT2D eigenvalue weighted by Crippen LogP contribution is 2.11. The van der Waals surface area contributed by atoms with Gasteiger partial charge in [0.2, 0.25) is 0 Å². The van der Waals surface area contributed by atoms with Crippen LogP contribution in [0.3, 0.4) is 0 Å². The number of hydrogen-bond donors (Lipinski definition) is 1. The lowest BCUT2D eigenvalue weighted by atomic mass is 10.1. The first kappa shape index (κ1) is 15.0. The molecule has 112 valence electrons. The number of piperidine rings is 1. The van der Waals surface area contributed by atoms with Crippen LogP contribution in [0.1, 0.15) is 24.8 Å². The van der Waals surface area contributed by atoms with Gasteiger partial charge in [0.25, 0.3) is 0 Å². The third-order valence-corrected chi connectivity index (χ3v) is 3.31. The Labute approximate surface area is 123 Å². The van der Waals surface area contributed by atoms with Gasteiger partial charge < -0.3 is 9.64 Å². The van der Waals surface area contributed by atoms with Crippen molar-refractivity contribution in [2.45, 2.75) is 19.3 Å². The van der Waals surface area contributed by atoms with Crippen LogP contribution < -0.4 is 10.2 Å². The molecule has 1 aliphatic heterocycles. The molecule has 21 heavy (non-hydrogen) atoms. The normalized spacial score (nSPS) is 15.0. The fourth-order valence-electron chi connectivity index (χ4n) is 2.18. The topological polar surface area (TPSA) is 71.0 Å². The molecule has 6 nitrogen and oxygen atoms in total. The molecule has 6 heteroatoms. The van der Waals surface area contributed by atoms with Gasteiger partial charge in [0.05, 0.1) is 13.3 Å². The summed E-state index contributed by atoms with van der Waals surface area (Å²) in [6.45, 7) is 1.29. The van der Waals surface area contributed by atoms with Gasteiger partial charge in [-0.25, -0.2) is 5.43 Å². The van der Waals surface area contributed by atoms with Gasteiger partial charge in [-0.15, -0.1) is 0 Å². The van der Waals surface area contributed by atoms with Gasteiger partial charge in [0.1, 0.15) is 5.75 Å². The predicted molar refractivity (Wildman–Crippen MR) is 79.2 cm³/mol. The van der Waals surface area contributed by atoms with Crippen molar-refractivity contribution < 1.29 is 14.3 Å². The fourth-order valence-corrected chi connectivity index (χ4v) is 2.18. The van der Waals surface area contributed by atoms with E-state index in [1.807, 2.05) is 18.2 Å². The summed E-state index contributed by atoms with van der Waals surface area (Å²) in [5.41, 5.74) is 3.04. The Kier molecular flexibility index (Phi) is 5.31. The van der Waals surface area contributed by atoms with Crippen LogP contribution in [0.15, 0.2) is 29.4 Å². The maximum Gasteiger partial charge on any atom is 0.329 e. The third kappa shape index (κ3) is 4.30. The number of nitrogens with one attached hydrogen (secondary N) is 1. The molecule has 1 aromatic rings. The van der Waals surface area contributed by atoms with Crippen molar-refractivity contribution in [2.24, 2.45) is 5.10 Å². The van der Waals surface area contributed by atoms with E-state index in [1.165, 1.54) is 6.21 Å². The Bertz CT molecular complexity index is 537. The monoisotopic (exact) mass is 289 g/mol.